The van der Waals surface area contributed by atoms with Crippen LogP contribution in [0.1, 0.15) is 12.7 Å². The number of rotatable bonds is 6. The maximum absolute atomic E-state index is 13.2. The van der Waals surface area contributed by atoms with Crippen LogP contribution >= 0.6 is 23.4 Å². The van der Waals surface area contributed by atoms with Crippen LogP contribution in [0.3, 0.4) is 0 Å². The Hall–Kier alpha value is -3.56. The summed E-state index contributed by atoms with van der Waals surface area (Å²) in [7, 11) is 0. The Bertz CT molecular complexity index is 1360. The minimum atomic E-state index is -0.724. The molecule has 1 unspecified atom stereocenters. The summed E-state index contributed by atoms with van der Waals surface area (Å²) in [5.41, 5.74) is 0.689. The highest BCUT2D eigenvalue weighted by atomic mass is 35.5. The van der Waals surface area contributed by atoms with Crippen LogP contribution in [0.5, 0.6) is 0 Å². The van der Waals surface area contributed by atoms with Crippen molar-refractivity contribution in [1.29, 1.82) is 0 Å². The summed E-state index contributed by atoms with van der Waals surface area (Å²) in [6.07, 6.45) is 1.52. The van der Waals surface area contributed by atoms with Crippen LogP contribution in [-0.2, 0) is 11.3 Å². The lowest BCUT2D eigenvalue weighted by atomic mass is 10.2. The van der Waals surface area contributed by atoms with Gasteiger partial charge in [0.05, 0.1) is 29.0 Å². The van der Waals surface area contributed by atoms with E-state index < -0.39 is 17.2 Å². The van der Waals surface area contributed by atoms with Gasteiger partial charge in [-0.3, -0.25) is 19.5 Å². The molecule has 0 radical (unpaired) electrons. The van der Waals surface area contributed by atoms with Gasteiger partial charge in [-0.2, -0.15) is 0 Å². The number of anilines is 1. The fourth-order valence-corrected chi connectivity index (χ4v) is 4.14. The minimum absolute atomic E-state index is 0.141. The molecule has 0 aliphatic rings. The van der Waals surface area contributed by atoms with Gasteiger partial charge in [0.2, 0.25) is 5.91 Å². The quantitative estimate of drug-likeness (QED) is 0.309. The van der Waals surface area contributed by atoms with Crippen molar-refractivity contribution in [3.8, 4) is 0 Å². The van der Waals surface area contributed by atoms with Crippen LogP contribution in [0, 0.1) is 0 Å². The van der Waals surface area contributed by atoms with Crippen molar-refractivity contribution < 1.29 is 14.0 Å². The summed E-state index contributed by atoms with van der Waals surface area (Å²) in [4.78, 5) is 42.6. The number of fused-ring (bicyclic) bond motifs is 1. The normalized spacial score (nSPS) is 11.8. The highest BCUT2D eigenvalue weighted by Gasteiger charge is 2.22. The summed E-state index contributed by atoms with van der Waals surface area (Å²) in [5, 5.41) is 5.32. The number of carbonyl (C=O) groups is 2. The highest BCUT2D eigenvalue weighted by molar-refractivity contribution is 8.00. The molecule has 10 heteroatoms. The molecule has 0 spiro atoms. The second kappa shape index (κ2) is 9.93. The second-order valence-corrected chi connectivity index (χ2v) is 8.84. The molecular weight excluding hydrogens is 464 g/mol. The van der Waals surface area contributed by atoms with Gasteiger partial charge in [-0.05, 0) is 49.4 Å². The number of urea groups is 1. The molecule has 8 nitrogen and oxygen atoms in total. The number of nitrogens with zero attached hydrogens (tertiary/aromatic N) is 2. The van der Waals surface area contributed by atoms with E-state index in [0.29, 0.717) is 32.5 Å². The Morgan fingerprint density at radius 3 is 2.67 bits per heavy atom. The number of para-hydroxylation sites is 1. The summed E-state index contributed by atoms with van der Waals surface area (Å²) >= 11 is 7.14. The first-order chi connectivity index (χ1) is 15.9. The molecule has 2 aromatic heterocycles. The van der Waals surface area contributed by atoms with E-state index in [9.17, 15) is 14.4 Å². The molecule has 0 bridgehead atoms. The predicted molar refractivity (Wildman–Crippen MR) is 128 cm³/mol. The molecule has 0 aliphatic heterocycles. The number of halogens is 1. The molecule has 0 fully saturated rings. The van der Waals surface area contributed by atoms with Crippen molar-refractivity contribution in [2.45, 2.75) is 23.9 Å². The smallest absolute Gasteiger partial charge is 0.325 e. The molecule has 168 valence electrons. The van der Waals surface area contributed by atoms with E-state index in [4.69, 9.17) is 16.0 Å². The van der Waals surface area contributed by atoms with Crippen molar-refractivity contribution in [3.63, 3.8) is 0 Å². The molecule has 3 amide bonds. The Balaban J connectivity index is 1.57. The minimum Gasteiger partial charge on any atom is -0.467 e. The van der Waals surface area contributed by atoms with Gasteiger partial charge in [-0.25, -0.2) is 9.78 Å². The number of furan rings is 1. The number of imide groups is 1. The third kappa shape index (κ3) is 5.44. The van der Waals surface area contributed by atoms with E-state index in [1.54, 1.807) is 61.5 Å². The highest BCUT2D eigenvalue weighted by Crippen LogP contribution is 2.25. The number of carbonyl (C=O) groups excluding carboxylic acids is 2. The van der Waals surface area contributed by atoms with Crippen molar-refractivity contribution in [3.05, 3.63) is 88.1 Å². The van der Waals surface area contributed by atoms with E-state index in [2.05, 4.69) is 15.6 Å². The largest absolute Gasteiger partial charge is 0.467 e. The van der Waals surface area contributed by atoms with Gasteiger partial charge in [0.15, 0.2) is 5.16 Å². The Morgan fingerprint density at radius 2 is 1.94 bits per heavy atom. The number of amides is 3. The lowest BCUT2D eigenvalue weighted by Crippen LogP contribution is -2.39. The van der Waals surface area contributed by atoms with Gasteiger partial charge >= 0.3 is 6.03 Å². The summed E-state index contributed by atoms with van der Waals surface area (Å²) in [6.45, 7) is 1.77. The lowest BCUT2D eigenvalue weighted by Gasteiger charge is -2.16. The number of hydrogen-bond donors (Lipinski definition) is 2. The average Bonchev–Trinajstić information content (AvgIpc) is 3.30. The standard InChI is InChI=1S/C23H19ClN4O4S/c1-14(20(29)27-22(31)25-16-6-3-2-4-7-16)33-23-26-19-12-15(24)9-10-18(19)21(30)28(23)13-17-8-5-11-32-17/h2-12,14H,13H2,1H3,(H2,25,27,29,31). The first kappa shape index (κ1) is 22.6. The average molecular weight is 483 g/mol. The first-order valence-electron chi connectivity index (χ1n) is 9.97. The number of hydrogen-bond acceptors (Lipinski definition) is 6. The zero-order chi connectivity index (χ0) is 23.4. The zero-order valence-corrected chi connectivity index (χ0v) is 19.0. The van der Waals surface area contributed by atoms with Crippen LogP contribution in [0.2, 0.25) is 5.02 Å². The maximum Gasteiger partial charge on any atom is 0.325 e. The van der Waals surface area contributed by atoms with Gasteiger partial charge in [0.25, 0.3) is 5.56 Å². The number of thioether (sulfide) groups is 1. The second-order valence-electron chi connectivity index (χ2n) is 7.10. The first-order valence-corrected chi connectivity index (χ1v) is 11.2. The van der Waals surface area contributed by atoms with Gasteiger partial charge in [0.1, 0.15) is 5.76 Å². The molecular formula is C23H19ClN4O4S. The van der Waals surface area contributed by atoms with Crippen molar-refractivity contribution in [1.82, 2.24) is 14.9 Å². The van der Waals surface area contributed by atoms with E-state index >= 15 is 0 Å². The van der Waals surface area contributed by atoms with Crippen LogP contribution in [0.25, 0.3) is 10.9 Å². The van der Waals surface area contributed by atoms with E-state index in [1.165, 1.54) is 10.8 Å². The zero-order valence-electron chi connectivity index (χ0n) is 17.4. The van der Waals surface area contributed by atoms with Crippen LogP contribution < -0.4 is 16.2 Å². The number of nitrogens with one attached hydrogen (secondary N) is 2. The third-order valence-electron chi connectivity index (χ3n) is 4.70. The molecule has 0 saturated carbocycles. The molecule has 2 heterocycles. The van der Waals surface area contributed by atoms with Gasteiger partial charge < -0.3 is 9.73 Å². The summed E-state index contributed by atoms with van der Waals surface area (Å²) in [6, 6.07) is 16.4. The van der Waals surface area contributed by atoms with E-state index in [-0.39, 0.29) is 12.1 Å². The SMILES string of the molecule is CC(Sc1nc2cc(Cl)ccc2c(=O)n1Cc1ccco1)C(=O)NC(=O)Nc1ccccc1. The molecule has 33 heavy (non-hydrogen) atoms. The molecule has 4 rings (SSSR count). The van der Waals surface area contributed by atoms with Crippen molar-refractivity contribution in [2.75, 3.05) is 5.32 Å². The molecule has 2 N–H and O–H groups in total. The fourth-order valence-electron chi connectivity index (χ4n) is 3.07. The molecule has 1 atom stereocenters. The lowest BCUT2D eigenvalue weighted by molar-refractivity contribution is -0.119. The maximum atomic E-state index is 13.2. The van der Waals surface area contributed by atoms with Crippen molar-refractivity contribution >= 4 is 51.9 Å². The molecule has 0 saturated heterocycles. The number of aromatic nitrogens is 2. The molecule has 2 aromatic carbocycles. The van der Waals surface area contributed by atoms with E-state index in [0.717, 1.165) is 11.8 Å². The van der Waals surface area contributed by atoms with Gasteiger partial charge in [-0.15, -0.1) is 0 Å². The van der Waals surface area contributed by atoms with Gasteiger partial charge in [0, 0.05) is 10.7 Å². The van der Waals surface area contributed by atoms with Crippen molar-refractivity contribution in [2.24, 2.45) is 0 Å². The Labute approximate surface area is 198 Å². The Morgan fingerprint density at radius 1 is 1.15 bits per heavy atom. The molecule has 0 aliphatic carbocycles. The van der Waals surface area contributed by atoms with Crippen LogP contribution in [-0.4, -0.2) is 26.7 Å². The third-order valence-corrected chi connectivity index (χ3v) is 6.02. The van der Waals surface area contributed by atoms with Gasteiger partial charge in [-0.1, -0.05) is 41.6 Å². The Kier molecular flexibility index (Phi) is 6.81. The monoisotopic (exact) mass is 482 g/mol. The number of benzene rings is 2. The van der Waals surface area contributed by atoms with Crippen LogP contribution in [0.15, 0.2) is 81.3 Å². The summed E-state index contributed by atoms with van der Waals surface area (Å²) in [5.74, 6) is 0.0341. The molecule has 4 aromatic rings. The summed E-state index contributed by atoms with van der Waals surface area (Å²) < 4.78 is 6.83. The van der Waals surface area contributed by atoms with Crippen LogP contribution in [0.4, 0.5) is 10.5 Å². The van der Waals surface area contributed by atoms with E-state index in [1.807, 2.05) is 6.07 Å². The fraction of sp³-hybridized carbons (Fsp3) is 0.130. The predicted octanol–water partition coefficient (Wildman–Crippen LogP) is 4.52. The topological polar surface area (TPSA) is 106 Å².